The van der Waals surface area contributed by atoms with Crippen molar-refractivity contribution in [2.24, 2.45) is 11.8 Å². The van der Waals surface area contributed by atoms with E-state index in [4.69, 9.17) is 5.11 Å². The molecule has 2 atom stereocenters. The molecule has 1 rings (SSSR count). The third kappa shape index (κ3) is 1.45. The minimum Gasteiger partial charge on any atom is -0.396 e. The van der Waals surface area contributed by atoms with E-state index in [1.54, 1.807) is 0 Å². The predicted molar refractivity (Wildman–Crippen MR) is 38.5 cm³/mol. The summed E-state index contributed by atoms with van der Waals surface area (Å²) in [5.41, 5.74) is 0. The van der Waals surface area contributed by atoms with Crippen molar-refractivity contribution in [1.82, 2.24) is 0 Å². The van der Waals surface area contributed by atoms with Crippen LogP contribution in [0.15, 0.2) is 12.2 Å². The molecule has 0 heterocycles. The fourth-order valence-electron chi connectivity index (χ4n) is 1.28. The monoisotopic (exact) mass is 140 g/mol. The molecule has 0 amide bonds. The van der Waals surface area contributed by atoms with Crippen LogP contribution >= 0.6 is 0 Å². The molecule has 0 spiro atoms. The van der Waals surface area contributed by atoms with Gasteiger partial charge in [0, 0.05) is 12.5 Å². The lowest BCUT2D eigenvalue weighted by Crippen LogP contribution is -2.20. The Morgan fingerprint density at radius 3 is 3.00 bits per heavy atom. The van der Waals surface area contributed by atoms with Gasteiger partial charge in [-0.1, -0.05) is 12.2 Å². The van der Waals surface area contributed by atoms with Crippen molar-refractivity contribution in [3.63, 3.8) is 0 Å². The fraction of sp³-hybridized carbons (Fsp3) is 0.625. The lowest BCUT2D eigenvalue weighted by atomic mass is 9.86. The van der Waals surface area contributed by atoms with Crippen LogP contribution < -0.4 is 0 Å². The van der Waals surface area contributed by atoms with Gasteiger partial charge < -0.3 is 9.90 Å². The quantitative estimate of drug-likeness (QED) is 0.454. The van der Waals surface area contributed by atoms with Gasteiger partial charge in [0.05, 0.1) is 0 Å². The molecule has 1 aliphatic carbocycles. The van der Waals surface area contributed by atoms with E-state index < -0.39 is 0 Å². The van der Waals surface area contributed by atoms with E-state index >= 15 is 0 Å². The normalized spacial score (nSPS) is 32.1. The zero-order chi connectivity index (χ0) is 7.40. The first kappa shape index (κ1) is 7.48. The Bertz CT molecular complexity index is 140. The number of allylic oxidation sites excluding steroid dienone is 2. The van der Waals surface area contributed by atoms with Crippen molar-refractivity contribution < 1.29 is 9.90 Å². The number of hydrogen-bond acceptors (Lipinski definition) is 2. The van der Waals surface area contributed by atoms with Gasteiger partial charge in [-0.25, -0.2) is 0 Å². The summed E-state index contributed by atoms with van der Waals surface area (Å²) in [5, 5.41) is 8.80. The number of aldehydes is 1. The number of rotatable bonds is 2. The molecule has 0 bridgehead atoms. The Hall–Kier alpha value is -0.630. The first-order chi connectivity index (χ1) is 4.88. The number of carbonyl (C=O) groups is 1. The summed E-state index contributed by atoms with van der Waals surface area (Å²) in [6.45, 7) is 0.133. The van der Waals surface area contributed by atoms with Gasteiger partial charge in [-0.05, 0) is 18.8 Å². The summed E-state index contributed by atoms with van der Waals surface area (Å²) in [7, 11) is 0. The van der Waals surface area contributed by atoms with E-state index in [0.717, 1.165) is 19.1 Å². The number of aliphatic hydroxyl groups excluding tert-OH is 1. The molecule has 10 heavy (non-hydrogen) atoms. The first-order valence-electron chi connectivity index (χ1n) is 3.61. The highest BCUT2D eigenvalue weighted by molar-refractivity contribution is 5.57. The molecule has 0 aliphatic heterocycles. The maximum atomic E-state index is 10.4. The average Bonchev–Trinajstić information content (AvgIpc) is 2.04. The second-order valence-electron chi connectivity index (χ2n) is 2.66. The highest BCUT2D eigenvalue weighted by Crippen LogP contribution is 2.22. The first-order valence-corrected chi connectivity index (χ1v) is 3.61. The minimum atomic E-state index is -0.0428. The maximum absolute atomic E-state index is 10.4. The Labute approximate surface area is 60.6 Å². The standard InChI is InChI=1S/C8H12O2/c9-5-7-3-1-2-4-8(7)6-10/h1,3,5,7-8,10H,2,4,6H2. The average molecular weight is 140 g/mol. The fourth-order valence-corrected chi connectivity index (χ4v) is 1.28. The highest BCUT2D eigenvalue weighted by atomic mass is 16.3. The third-order valence-electron chi connectivity index (χ3n) is 2.00. The Balaban J connectivity index is 2.55. The Morgan fingerprint density at radius 1 is 1.70 bits per heavy atom. The molecule has 0 fully saturated rings. The molecule has 0 saturated heterocycles. The summed E-state index contributed by atoms with van der Waals surface area (Å²) in [6.07, 6.45) is 6.74. The molecule has 0 aromatic heterocycles. The third-order valence-corrected chi connectivity index (χ3v) is 2.00. The molecule has 0 saturated carbocycles. The van der Waals surface area contributed by atoms with Crippen LogP contribution in [0, 0.1) is 11.8 Å². The van der Waals surface area contributed by atoms with Crippen LogP contribution in [0.2, 0.25) is 0 Å². The zero-order valence-corrected chi connectivity index (χ0v) is 5.86. The molecular formula is C8H12O2. The number of hydrogen-bond donors (Lipinski definition) is 1. The van der Waals surface area contributed by atoms with Gasteiger partial charge in [0.2, 0.25) is 0 Å². The molecular weight excluding hydrogens is 128 g/mol. The molecule has 2 heteroatoms. The van der Waals surface area contributed by atoms with Gasteiger partial charge in [0.25, 0.3) is 0 Å². The lowest BCUT2D eigenvalue weighted by molar-refractivity contribution is -0.111. The number of aliphatic hydroxyl groups is 1. The van der Waals surface area contributed by atoms with Gasteiger partial charge in [0.15, 0.2) is 0 Å². The minimum absolute atomic E-state index is 0.0428. The Kier molecular flexibility index (Phi) is 2.63. The van der Waals surface area contributed by atoms with Crippen LogP contribution in [0.4, 0.5) is 0 Å². The summed E-state index contributed by atoms with van der Waals surface area (Å²) in [5.74, 6) is 0.126. The van der Waals surface area contributed by atoms with Crippen molar-refractivity contribution in [3.05, 3.63) is 12.2 Å². The van der Waals surface area contributed by atoms with Crippen LogP contribution in [0.25, 0.3) is 0 Å². The summed E-state index contributed by atoms with van der Waals surface area (Å²) in [6, 6.07) is 0. The van der Waals surface area contributed by atoms with Crippen LogP contribution in [0.5, 0.6) is 0 Å². The van der Waals surface area contributed by atoms with Crippen LogP contribution in [0.1, 0.15) is 12.8 Å². The second kappa shape index (κ2) is 3.52. The van der Waals surface area contributed by atoms with Crippen molar-refractivity contribution in [2.45, 2.75) is 12.8 Å². The van der Waals surface area contributed by atoms with Crippen LogP contribution in [-0.4, -0.2) is 18.0 Å². The lowest BCUT2D eigenvalue weighted by Gasteiger charge is -2.20. The zero-order valence-electron chi connectivity index (χ0n) is 5.86. The smallest absolute Gasteiger partial charge is 0.127 e. The van der Waals surface area contributed by atoms with Crippen molar-refractivity contribution in [3.8, 4) is 0 Å². The molecule has 56 valence electrons. The van der Waals surface area contributed by atoms with Gasteiger partial charge in [0.1, 0.15) is 6.29 Å². The van der Waals surface area contributed by atoms with Crippen molar-refractivity contribution in [1.29, 1.82) is 0 Å². The van der Waals surface area contributed by atoms with E-state index in [1.165, 1.54) is 0 Å². The second-order valence-corrected chi connectivity index (χ2v) is 2.66. The molecule has 0 radical (unpaired) electrons. The van der Waals surface area contributed by atoms with Crippen LogP contribution in [-0.2, 0) is 4.79 Å². The van der Waals surface area contributed by atoms with E-state index in [-0.39, 0.29) is 18.4 Å². The molecule has 1 N–H and O–H groups in total. The van der Waals surface area contributed by atoms with E-state index in [9.17, 15) is 4.79 Å². The van der Waals surface area contributed by atoms with Gasteiger partial charge in [-0.2, -0.15) is 0 Å². The highest BCUT2D eigenvalue weighted by Gasteiger charge is 2.19. The predicted octanol–water partition coefficient (Wildman–Crippen LogP) is 0.760. The summed E-state index contributed by atoms with van der Waals surface area (Å²) in [4.78, 5) is 10.4. The topological polar surface area (TPSA) is 37.3 Å². The van der Waals surface area contributed by atoms with Crippen LogP contribution in [0.3, 0.4) is 0 Å². The van der Waals surface area contributed by atoms with Gasteiger partial charge in [-0.15, -0.1) is 0 Å². The SMILES string of the molecule is O=CC1C=CCCC1CO. The summed E-state index contributed by atoms with van der Waals surface area (Å²) < 4.78 is 0. The number of carbonyl (C=O) groups excluding carboxylic acids is 1. The maximum Gasteiger partial charge on any atom is 0.127 e. The molecule has 1 aliphatic rings. The van der Waals surface area contributed by atoms with E-state index in [1.807, 2.05) is 12.2 Å². The largest absolute Gasteiger partial charge is 0.396 e. The van der Waals surface area contributed by atoms with Gasteiger partial charge in [-0.3, -0.25) is 0 Å². The van der Waals surface area contributed by atoms with E-state index in [0.29, 0.717) is 0 Å². The van der Waals surface area contributed by atoms with Gasteiger partial charge >= 0.3 is 0 Å². The molecule has 2 nitrogen and oxygen atoms in total. The van der Waals surface area contributed by atoms with Crippen molar-refractivity contribution >= 4 is 6.29 Å². The van der Waals surface area contributed by atoms with E-state index in [2.05, 4.69) is 0 Å². The molecule has 0 aromatic carbocycles. The molecule has 0 aromatic rings. The summed E-state index contributed by atoms with van der Waals surface area (Å²) >= 11 is 0. The molecule has 2 unspecified atom stereocenters. The Morgan fingerprint density at radius 2 is 2.50 bits per heavy atom. The van der Waals surface area contributed by atoms with Crippen molar-refractivity contribution in [2.75, 3.05) is 6.61 Å².